The van der Waals surface area contributed by atoms with Crippen LogP contribution in [0.25, 0.3) is 0 Å². The Labute approximate surface area is 250 Å². The molecule has 1 heterocycles. The van der Waals surface area contributed by atoms with Gasteiger partial charge in [-0.05, 0) is 78.0 Å². The van der Waals surface area contributed by atoms with Gasteiger partial charge in [-0.1, -0.05) is 68.8 Å². The zero-order valence-electron chi connectivity index (χ0n) is 24.0. The molecule has 0 aliphatic carbocycles. The Balaban J connectivity index is 0.000000616. The lowest BCUT2D eigenvalue weighted by Crippen LogP contribution is -2.30. The number of hydrogen-bond acceptors (Lipinski definition) is 4. The van der Waals surface area contributed by atoms with Crippen molar-refractivity contribution >= 4 is 29.2 Å². The van der Waals surface area contributed by atoms with E-state index in [0.717, 1.165) is 56.4 Å². The summed E-state index contributed by atoms with van der Waals surface area (Å²) in [4.78, 5) is 26.8. The topological polar surface area (TPSA) is 72.9 Å². The number of anilines is 1. The second-order valence-electron chi connectivity index (χ2n) is 11.3. The van der Waals surface area contributed by atoms with Crippen LogP contribution in [0.15, 0.2) is 72.8 Å². The fourth-order valence-corrected chi connectivity index (χ4v) is 4.77. The summed E-state index contributed by atoms with van der Waals surface area (Å²) in [7, 11) is 0. The number of alkyl halides is 3. The molecule has 1 fully saturated rings. The molecule has 0 aromatic heterocycles. The maximum atomic E-state index is 12.9. The third-order valence-electron chi connectivity index (χ3n) is 6.82. The maximum absolute atomic E-state index is 12.9. The Morgan fingerprint density at radius 1 is 0.833 bits per heavy atom. The van der Waals surface area contributed by atoms with E-state index in [1.165, 1.54) is 16.7 Å². The molecule has 0 radical (unpaired) electrons. The Bertz CT molecular complexity index is 1340. The molecule has 226 valence electrons. The standard InChI is InChI=1S/C30H36ClN3O.C2HF3O2/c1-30(2,3)26-11-13-28(14-12-26)32-29(35)25-9-4-7-23(19-25)21-33-15-6-16-34(18-17-33)22-24-8-5-10-27(31)20-24;3-2(4,5)1(6)7/h4-5,7-14,19-20H,6,15-18,21-22H2,1-3H3,(H,32,35);(H,6,7). The Hall–Kier alpha value is -3.40. The summed E-state index contributed by atoms with van der Waals surface area (Å²) in [5.41, 5.74) is 5.29. The van der Waals surface area contributed by atoms with Gasteiger partial charge < -0.3 is 10.4 Å². The predicted molar refractivity (Wildman–Crippen MR) is 160 cm³/mol. The van der Waals surface area contributed by atoms with Crippen molar-refractivity contribution in [1.82, 2.24) is 9.80 Å². The number of aliphatic carboxylic acids is 1. The van der Waals surface area contributed by atoms with Crippen molar-refractivity contribution in [2.24, 2.45) is 0 Å². The maximum Gasteiger partial charge on any atom is 0.490 e. The lowest BCUT2D eigenvalue weighted by Gasteiger charge is -2.22. The van der Waals surface area contributed by atoms with Crippen molar-refractivity contribution in [3.8, 4) is 0 Å². The molecule has 10 heteroatoms. The molecule has 3 aromatic carbocycles. The van der Waals surface area contributed by atoms with Crippen LogP contribution < -0.4 is 5.32 Å². The van der Waals surface area contributed by atoms with Gasteiger partial charge >= 0.3 is 12.1 Å². The van der Waals surface area contributed by atoms with Crippen LogP contribution in [0, 0.1) is 0 Å². The smallest absolute Gasteiger partial charge is 0.475 e. The van der Waals surface area contributed by atoms with Crippen LogP contribution in [0.3, 0.4) is 0 Å². The van der Waals surface area contributed by atoms with Gasteiger partial charge in [0.05, 0.1) is 0 Å². The molecular weight excluding hydrogens is 567 g/mol. The fourth-order valence-electron chi connectivity index (χ4n) is 4.56. The largest absolute Gasteiger partial charge is 0.490 e. The highest BCUT2D eigenvalue weighted by Crippen LogP contribution is 2.24. The summed E-state index contributed by atoms with van der Waals surface area (Å²) >= 11 is 6.16. The number of amides is 1. The van der Waals surface area contributed by atoms with E-state index in [-0.39, 0.29) is 11.3 Å². The number of carboxylic acid groups (broad SMARTS) is 1. The molecule has 1 saturated heterocycles. The Kier molecular flexibility index (Phi) is 11.6. The van der Waals surface area contributed by atoms with Crippen LogP contribution in [-0.4, -0.2) is 59.1 Å². The summed E-state index contributed by atoms with van der Waals surface area (Å²) in [6.45, 7) is 12.5. The minimum absolute atomic E-state index is 0.0704. The van der Waals surface area contributed by atoms with Gasteiger partial charge in [-0.25, -0.2) is 4.79 Å². The van der Waals surface area contributed by atoms with Gasteiger partial charge in [0.1, 0.15) is 0 Å². The number of nitrogens with one attached hydrogen (secondary N) is 1. The lowest BCUT2D eigenvalue weighted by molar-refractivity contribution is -0.192. The first-order valence-corrected chi connectivity index (χ1v) is 14.1. The van der Waals surface area contributed by atoms with Crippen molar-refractivity contribution in [2.75, 3.05) is 31.5 Å². The van der Waals surface area contributed by atoms with Gasteiger partial charge in [-0.15, -0.1) is 0 Å². The SMILES string of the molecule is CC(C)(C)c1ccc(NC(=O)c2cccc(CN3CCCN(Cc4cccc(Cl)c4)CC3)c2)cc1.O=C(O)C(F)(F)F. The molecule has 0 bridgehead atoms. The predicted octanol–water partition coefficient (Wildman–Crippen LogP) is 7.23. The molecule has 4 rings (SSSR count). The summed E-state index contributed by atoms with van der Waals surface area (Å²) in [6.07, 6.45) is -3.95. The van der Waals surface area contributed by atoms with Crippen LogP contribution in [0.4, 0.5) is 18.9 Å². The van der Waals surface area contributed by atoms with E-state index in [9.17, 15) is 18.0 Å². The van der Waals surface area contributed by atoms with E-state index < -0.39 is 12.1 Å². The third kappa shape index (κ3) is 10.8. The lowest BCUT2D eigenvalue weighted by atomic mass is 9.87. The van der Waals surface area contributed by atoms with Crippen molar-refractivity contribution in [3.63, 3.8) is 0 Å². The van der Waals surface area contributed by atoms with Crippen LogP contribution in [0.5, 0.6) is 0 Å². The van der Waals surface area contributed by atoms with Gasteiger partial charge in [0.2, 0.25) is 0 Å². The monoisotopic (exact) mass is 603 g/mol. The summed E-state index contributed by atoms with van der Waals surface area (Å²) in [5, 5.41) is 11.0. The van der Waals surface area contributed by atoms with E-state index in [1.807, 2.05) is 42.5 Å². The average molecular weight is 604 g/mol. The van der Waals surface area contributed by atoms with Crippen LogP contribution >= 0.6 is 11.6 Å². The van der Waals surface area contributed by atoms with Gasteiger partial charge in [-0.3, -0.25) is 14.6 Å². The van der Waals surface area contributed by atoms with Crippen molar-refractivity contribution in [2.45, 2.75) is 51.9 Å². The number of rotatable bonds is 6. The Morgan fingerprint density at radius 2 is 1.36 bits per heavy atom. The second kappa shape index (κ2) is 14.7. The fraction of sp³-hybridized carbons (Fsp3) is 0.375. The number of carbonyl (C=O) groups is 2. The first-order chi connectivity index (χ1) is 19.7. The number of carboxylic acids is 1. The molecule has 2 N–H and O–H groups in total. The number of halogens is 4. The summed E-state index contributed by atoms with van der Waals surface area (Å²) in [6, 6.07) is 24.3. The van der Waals surface area contributed by atoms with Crippen LogP contribution in [-0.2, 0) is 23.3 Å². The second-order valence-corrected chi connectivity index (χ2v) is 11.8. The van der Waals surface area contributed by atoms with Gasteiger partial charge in [-0.2, -0.15) is 13.2 Å². The minimum Gasteiger partial charge on any atom is -0.475 e. The molecule has 1 amide bonds. The molecular formula is C32H37ClF3N3O3. The number of hydrogen-bond donors (Lipinski definition) is 2. The third-order valence-corrected chi connectivity index (χ3v) is 7.06. The molecule has 0 saturated carbocycles. The molecule has 0 spiro atoms. The number of carbonyl (C=O) groups excluding carboxylic acids is 1. The normalized spacial score (nSPS) is 14.8. The highest BCUT2D eigenvalue weighted by Gasteiger charge is 2.38. The average Bonchev–Trinajstić information content (AvgIpc) is 3.13. The van der Waals surface area contributed by atoms with E-state index in [0.29, 0.717) is 5.56 Å². The zero-order chi connectivity index (χ0) is 30.9. The molecule has 1 aliphatic rings. The van der Waals surface area contributed by atoms with Crippen molar-refractivity contribution < 1.29 is 27.9 Å². The van der Waals surface area contributed by atoms with Crippen LogP contribution in [0.2, 0.25) is 5.02 Å². The van der Waals surface area contributed by atoms with E-state index in [4.69, 9.17) is 21.5 Å². The molecule has 1 aliphatic heterocycles. The zero-order valence-corrected chi connectivity index (χ0v) is 24.8. The molecule has 3 aromatic rings. The first-order valence-electron chi connectivity index (χ1n) is 13.7. The van der Waals surface area contributed by atoms with E-state index in [2.05, 4.69) is 66.2 Å². The van der Waals surface area contributed by atoms with Gasteiger partial charge in [0, 0.05) is 42.5 Å². The van der Waals surface area contributed by atoms with Gasteiger partial charge in [0.15, 0.2) is 0 Å². The first kappa shape index (κ1) is 33.1. The number of nitrogens with zero attached hydrogens (tertiary/aromatic N) is 2. The Morgan fingerprint density at radius 3 is 1.86 bits per heavy atom. The van der Waals surface area contributed by atoms with Gasteiger partial charge in [0.25, 0.3) is 5.91 Å². The van der Waals surface area contributed by atoms with Crippen LogP contribution in [0.1, 0.15) is 54.2 Å². The summed E-state index contributed by atoms with van der Waals surface area (Å²) < 4.78 is 31.7. The highest BCUT2D eigenvalue weighted by molar-refractivity contribution is 6.30. The molecule has 0 unspecified atom stereocenters. The molecule has 6 nitrogen and oxygen atoms in total. The quantitative estimate of drug-likeness (QED) is 0.311. The summed E-state index contributed by atoms with van der Waals surface area (Å²) in [5.74, 6) is -2.83. The van der Waals surface area contributed by atoms with Crippen molar-refractivity contribution in [1.29, 1.82) is 0 Å². The highest BCUT2D eigenvalue weighted by atomic mass is 35.5. The molecule has 42 heavy (non-hydrogen) atoms. The number of benzene rings is 3. The van der Waals surface area contributed by atoms with E-state index in [1.54, 1.807) is 0 Å². The van der Waals surface area contributed by atoms with E-state index >= 15 is 0 Å². The van der Waals surface area contributed by atoms with Crippen molar-refractivity contribution in [3.05, 3.63) is 100 Å². The minimum atomic E-state index is -5.08. The molecule has 0 atom stereocenters.